The Morgan fingerprint density at radius 2 is 2.35 bits per heavy atom. The van der Waals surface area contributed by atoms with E-state index in [-0.39, 0.29) is 5.91 Å². The van der Waals surface area contributed by atoms with Gasteiger partial charge in [0, 0.05) is 18.5 Å². The van der Waals surface area contributed by atoms with E-state index in [9.17, 15) is 14.7 Å². The summed E-state index contributed by atoms with van der Waals surface area (Å²) in [6, 6.07) is 1.57. The average Bonchev–Trinajstić information content (AvgIpc) is 2.98. The summed E-state index contributed by atoms with van der Waals surface area (Å²) in [4.78, 5) is 23.8. The van der Waals surface area contributed by atoms with Crippen molar-refractivity contribution >= 4 is 35.2 Å². The summed E-state index contributed by atoms with van der Waals surface area (Å²) in [5, 5.41) is 12.5. The van der Waals surface area contributed by atoms with E-state index in [4.69, 9.17) is 11.6 Å². The number of aryl methyl sites for hydroxylation is 1. The van der Waals surface area contributed by atoms with Crippen LogP contribution in [0.2, 0.25) is 5.02 Å². The van der Waals surface area contributed by atoms with Gasteiger partial charge in [0.25, 0.3) is 5.91 Å². The molecule has 2 N–H and O–H groups in total. The molecule has 1 fully saturated rings. The van der Waals surface area contributed by atoms with Gasteiger partial charge in [-0.2, -0.15) is 11.8 Å². The molecule has 20 heavy (non-hydrogen) atoms. The molecule has 5 nitrogen and oxygen atoms in total. The number of nitrogens with zero attached hydrogens (tertiary/aromatic N) is 1. The predicted octanol–water partition coefficient (Wildman–Crippen LogP) is 2.24. The number of aliphatic carboxylic acids is 1. The first-order valence-electron chi connectivity index (χ1n) is 6.48. The zero-order valence-electron chi connectivity index (χ0n) is 11.2. The van der Waals surface area contributed by atoms with Crippen LogP contribution in [-0.2, 0) is 11.3 Å². The molecule has 1 saturated heterocycles. The van der Waals surface area contributed by atoms with Crippen molar-refractivity contribution in [3.05, 3.63) is 23.0 Å². The average molecular weight is 317 g/mol. The first kappa shape index (κ1) is 15.3. The lowest BCUT2D eigenvalue weighted by molar-refractivity contribution is -0.143. The van der Waals surface area contributed by atoms with Crippen LogP contribution in [0, 0.1) is 0 Å². The number of thioether (sulfide) groups is 1. The third-order valence-corrected chi connectivity index (χ3v) is 4.74. The van der Waals surface area contributed by atoms with Crippen molar-refractivity contribution in [3.8, 4) is 0 Å². The van der Waals surface area contributed by atoms with Gasteiger partial charge in [-0.15, -0.1) is 0 Å². The van der Waals surface area contributed by atoms with E-state index in [1.807, 2.05) is 6.92 Å². The van der Waals surface area contributed by atoms with Crippen LogP contribution in [0.3, 0.4) is 0 Å². The maximum atomic E-state index is 12.4. The number of halogens is 1. The Bertz CT molecular complexity index is 524. The lowest BCUT2D eigenvalue weighted by atomic mass is 9.99. The molecule has 0 bridgehead atoms. The number of hydrogen-bond acceptors (Lipinski definition) is 3. The van der Waals surface area contributed by atoms with Gasteiger partial charge in [-0.05, 0) is 24.7 Å². The van der Waals surface area contributed by atoms with Crippen molar-refractivity contribution < 1.29 is 14.7 Å². The maximum absolute atomic E-state index is 12.4. The van der Waals surface area contributed by atoms with Crippen LogP contribution in [0.15, 0.2) is 12.3 Å². The van der Waals surface area contributed by atoms with E-state index < -0.39 is 11.5 Å². The van der Waals surface area contributed by atoms with Crippen molar-refractivity contribution in [2.75, 3.05) is 11.5 Å². The number of hydrogen-bond donors (Lipinski definition) is 2. The Balaban J connectivity index is 2.21. The second-order valence-electron chi connectivity index (χ2n) is 4.88. The second kappa shape index (κ2) is 6.10. The quantitative estimate of drug-likeness (QED) is 0.874. The first-order valence-corrected chi connectivity index (χ1v) is 8.01. The Morgan fingerprint density at radius 3 is 2.90 bits per heavy atom. The van der Waals surface area contributed by atoms with Gasteiger partial charge in [-0.1, -0.05) is 18.5 Å². The number of carboxylic acid groups (broad SMARTS) is 1. The highest BCUT2D eigenvalue weighted by atomic mass is 35.5. The number of aromatic nitrogens is 1. The summed E-state index contributed by atoms with van der Waals surface area (Å²) in [5.41, 5.74) is -0.746. The molecule has 2 heterocycles. The largest absolute Gasteiger partial charge is 0.479 e. The van der Waals surface area contributed by atoms with Crippen molar-refractivity contribution in [2.24, 2.45) is 0 Å². The van der Waals surface area contributed by atoms with Crippen LogP contribution in [0.1, 0.15) is 30.3 Å². The van der Waals surface area contributed by atoms with Crippen molar-refractivity contribution in [1.29, 1.82) is 0 Å². The van der Waals surface area contributed by atoms with E-state index in [1.165, 1.54) is 11.8 Å². The molecule has 0 saturated carbocycles. The summed E-state index contributed by atoms with van der Waals surface area (Å²) >= 11 is 7.48. The standard InChI is InChI=1S/C13H17ClN2O3S/c1-2-4-16-7-9(14)6-10(16)11(17)15-13(12(18)19)3-5-20-8-13/h6-7H,2-5,8H2,1H3,(H,15,17)(H,18,19). The summed E-state index contributed by atoms with van der Waals surface area (Å²) in [6.07, 6.45) is 3.00. The number of carboxylic acids is 1. The summed E-state index contributed by atoms with van der Waals surface area (Å²) < 4.78 is 1.76. The Morgan fingerprint density at radius 1 is 1.60 bits per heavy atom. The highest BCUT2D eigenvalue weighted by molar-refractivity contribution is 7.99. The van der Waals surface area contributed by atoms with Gasteiger partial charge in [0.2, 0.25) is 0 Å². The van der Waals surface area contributed by atoms with E-state index in [2.05, 4.69) is 5.32 Å². The SMILES string of the molecule is CCCn1cc(Cl)cc1C(=O)NC1(C(=O)O)CCSC1. The first-order chi connectivity index (χ1) is 9.48. The van der Waals surface area contributed by atoms with Crippen LogP contribution in [0.25, 0.3) is 0 Å². The number of rotatable bonds is 5. The number of amides is 1. The maximum Gasteiger partial charge on any atom is 0.330 e. The van der Waals surface area contributed by atoms with Crippen molar-refractivity contribution in [2.45, 2.75) is 31.8 Å². The molecule has 1 amide bonds. The highest BCUT2D eigenvalue weighted by Gasteiger charge is 2.43. The lowest BCUT2D eigenvalue weighted by Crippen LogP contribution is -2.55. The molecule has 1 aromatic heterocycles. The molecule has 1 aliphatic heterocycles. The van der Waals surface area contributed by atoms with Gasteiger partial charge < -0.3 is 15.0 Å². The fourth-order valence-electron chi connectivity index (χ4n) is 2.26. The van der Waals surface area contributed by atoms with Gasteiger partial charge >= 0.3 is 5.97 Å². The number of nitrogens with one attached hydrogen (secondary N) is 1. The molecule has 0 aliphatic carbocycles. The van der Waals surface area contributed by atoms with E-state index >= 15 is 0 Å². The van der Waals surface area contributed by atoms with Crippen LogP contribution in [0.4, 0.5) is 0 Å². The molecule has 0 spiro atoms. The van der Waals surface area contributed by atoms with Crippen molar-refractivity contribution in [3.63, 3.8) is 0 Å². The third kappa shape index (κ3) is 2.96. The van der Waals surface area contributed by atoms with Gasteiger partial charge in [0.05, 0.1) is 5.02 Å². The predicted molar refractivity (Wildman–Crippen MR) is 79.5 cm³/mol. The minimum absolute atomic E-state index is 0.379. The molecule has 1 aromatic rings. The summed E-state index contributed by atoms with van der Waals surface area (Å²) in [5.74, 6) is -0.217. The van der Waals surface area contributed by atoms with E-state index in [1.54, 1.807) is 16.8 Å². The van der Waals surface area contributed by atoms with Gasteiger partial charge in [-0.25, -0.2) is 4.79 Å². The van der Waals surface area contributed by atoms with E-state index in [0.717, 1.165) is 12.2 Å². The summed E-state index contributed by atoms with van der Waals surface area (Å²) in [7, 11) is 0. The van der Waals surface area contributed by atoms with Gasteiger partial charge in [-0.3, -0.25) is 4.79 Å². The smallest absolute Gasteiger partial charge is 0.330 e. The van der Waals surface area contributed by atoms with Crippen LogP contribution in [0.5, 0.6) is 0 Å². The number of carbonyl (C=O) groups is 2. The topological polar surface area (TPSA) is 71.3 Å². The van der Waals surface area contributed by atoms with Gasteiger partial charge in [0.15, 0.2) is 0 Å². The van der Waals surface area contributed by atoms with Crippen LogP contribution in [-0.4, -0.2) is 38.6 Å². The normalized spacial score (nSPS) is 21.9. The summed E-state index contributed by atoms with van der Waals surface area (Å²) in [6.45, 7) is 2.67. The molecule has 0 radical (unpaired) electrons. The Kier molecular flexibility index (Phi) is 4.65. The van der Waals surface area contributed by atoms with Crippen molar-refractivity contribution in [1.82, 2.24) is 9.88 Å². The molecule has 110 valence electrons. The van der Waals surface area contributed by atoms with Crippen LogP contribution < -0.4 is 5.32 Å². The third-order valence-electron chi connectivity index (χ3n) is 3.34. The second-order valence-corrected chi connectivity index (χ2v) is 6.42. The zero-order chi connectivity index (χ0) is 14.8. The molecule has 2 rings (SSSR count). The minimum atomic E-state index is -1.16. The van der Waals surface area contributed by atoms with Crippen LogP contribution >= 0.6 is 23.4 Å². The molecule has 7 heteroatoms. The molecular formula is C13H17ClN2O3S. The molecular weight excluding hydrogens is 300 g/mol. The number of carbonyl (C=O) groups excluding carboxylic acids is 1. The Labute approximate surface area is 126 Å². The van der Waals surface area contributed by atoms with Gasteiger partial charge in [0.1, 0.15) is 11.2 Å². The van der Waals surface area contributed by atoms with E-state index in [0.29, 0.717) is 29.4 Å². The lowest BCUT2D eigenvalue weighted by Gasteiger charge is -2.24. The monoisotopic (exact) mass is 316 g/mol. The molecule has 1 unspecified atom stereocenters. The fraction of sp³-hybridized carbons (Fsp3) is 0.538. The zero-order valence-corrected chi connectivity index (χ0v) is 12.8. The molecule has 1 aliphatic rings. The Hall–Kier alpha value is -1.14. The molecule has 1 atom stereocenters. The fourth-order valence-corrected chi connectivity index (χ4v) is 3.80. The minimum Gasteiger partial charge on any atom is -0.479 e. The molecule has 0 aromatic carbocycles. The highest BCUT2D eigenvalue weighted by Crippen LogP contribution is 2.29.